The molecular weight excluding hydrogens is 264 g/mol. The van der Waals surface area contributed by atoms with Crippen molar-refractivity contribution < 1.29 is 9.15 Å². The number of nitrogens with one attached hydrogen (secondary N) is 1. The summed E-state index contributed by atoms with van der Waals surface area (Å²) in [7, 11) is 1.68. The van der Waals surface area contributed by atoms with Crippen LogP contribution >= 0.6 is 11.6 Å². The van der Waals surface area contributed by atoms with Crippen molar-refractivity contribution in [1.82, 2.24) is 10.3 Å². The number of aromatic nitrogens is 1. The highest BCUT2D eigenvalue weighted by molar-refractivity contribution is 6.33. The normalized spacial score (nSPS) is 10.9. The number of nitrogens with zero attached hydrogens (tertiary/aromatic N) is 1. The third-order valence-electron chi connectivity index (χ3n) is 2.79. The molecule has 0 amide bonds. The van der Waals surface area contributed by atoms with E-state index in [0.29, 0.717) is 18.2 Å². The highest BCUT2D eigenvalue weighted by Crippen LogP contribution is 2.30. The van der Waals surface area contributed by atoms with Crippen molar-refractivity contribution in [3.63, 3.8) is 0 Å². The lowest BCUT2D eigenvalue weighted by molar-refractivity contribution is 0.199. The number of methoxy groups -OCH3 is 1. The molecule has 1 heterocycles. The van der Waals surface area contributed by atoms with Gasteiger partial charge in [0.1, 0.15) is 5.69 Å². The number of aryl methyl sites for hydroxylation is 1. The zero-order valence-electron chi connectivity index (χ0n) is 11.1. The van der Waals surface area contributed by atoms with E-state index in [9.17, 15) is 0 Å². The second-order valence-corrected chi connectivity index (χ2v) is 4.69. The van der Waals surface area contributed by atoms with Crippen LogP contribution in [0.3, 0.4) is 0 Å². The quantitative estimate of drug-likeness (QED) is 0.826. The van der Waals surface area contributed by atoms with E-state index in [-0.39, 0.29) is 0 Å². The molecule has 0 fully saturated rings. The summed E-state index contributed by atoms with van der Waals surface area (Å²) in [6.07, 6.45) is 1.44. The van der Waals surface area contributed by atoms with Gasteiger partial charge < -0.3 is 14.5 Å². The second kappa shape index (κ2) is 6.70. The van der Waals surface area contributed by atoms with Gasteiger partial charge in [-0.05, 0) is 24.6 Å². The minimum Gasteiger partial charge on any atom is -0.443 e. The van der Waals surface area contributed by atoms with E-state index < -0.39 is 0 Å². The molecule has 1 aromatic heterocycles. The number of hydrogen-bond donors (Lipinski definition) is 1. The summed E-state index contributed by atoms with van der Waals surface area (Å²) in [5.74, 6) is 0.718. The van der Waals surface area contributed by atoms with Gasteiger partial charge in [0, 0.05) is 25.8 Å². The fraction of sp³-hybridized carbons (Fsp3) is 0.357. The Morgan fingerprint density at radius 1 is 1.42 bits per heavy atom. The largest absolute Gasteiger partial charge is 0.443 e. The van der Waals surface area contributed by atoms with E-state index in [1.54, 1.807) is 7.11 Å². The van der Waals surface area contributed by atoms with Crippen molar-refractivity contribution in [2.45, 2.75) is 13.5 Å². The van der Waals surface area contributed by atoms with E-state index in [1.165, 1.54) is 6.39 Å². The molecule has 0 radical (unpaired) electrons. The van der Waals surface area contributed by atoms with Crippen LogP contribution in [0.2, 0.25) is 5.02 Å². The third-order valence-corrected chi connectivity index (χ3v) is 3.10. The Balaban J connectivity index is 2.14. The summed E-state index contributed by atoms with van der Waals surface area (Å²) in [6, 6.07) is 5.88. The molecule has 0 saturated carbocycles. The van der Waals surface area contributed by atoms with Crippen LogP contribution in [0.25, 0.3) is 11.3 Å². The van der Waals surface area contributed by atoms with E-state index in [4.69, 9.17) is 20.8 Å². The number of hydrogen-bond acceptors (Lipinski definition) is 4. The second-order valence-electron chi connectivity index (χ2n) is 4.28. The minimum atomic E-state index is 0.624. The maximum absolute atomic E-state index is 6.25. The minimum absolute atomic E-state index is 0.624. The maximum Gasteiger partial charge on any atom is 0.181 e. The van der Waals surface area contributed by atoms with E-state index >= 15 is 0 Å². The van der Waals surface area contributed by atoms with Gasteiger partial charge >= 0.3 is 0 Å². The number of halogens is 1. The lowest BCUT2D eigenvalue weighted by Gasteiger charge is -2.06. The molecule has 0 aliphatic heterocycles. The average molecular weight is 281 g/mol. The first-order valence-corrected chi connectivity index (χ1v) is 6.48. The van der Waals surface area contributed by atoms with Gasteiger partial charge in [-0.2, -0.15) is 0 Å². The summed E-state index contributed by atoms with van der Waals surface area (Å²) in [5.41, 5.74) is 2.84. The number of ether oxygens (including phenoxy) is 1. The summed E-state index contributed by atoms with van der Waals surface area (Å²) < 4.78 is 10.4. The van der Waals surface area contributed by atoms with Crippen molar-refractivity contribution >= 4 is 11.6 Å². The standard InChI is InChI=1S/C14H17ClN2O2/c1-10-3-4-11(12(15)7-10)14-13(17-9-19-14)8-16-5-6-18-2/h3-4,7,9,16H,5-6,8H2,1-2H3. The monoisotopic (exact) mass is 280 g/mol. The van der Waals surface area contributed by atoms with Gasteiger partial charge in [0.25, 0.3) is 0 Å². The molecule has 0 aliphatic rings. The molecule has 1 aromatic carbocycles. The summed E-state index contributed by atoms with van der Waals surface area (Å²) in [5, 5.41) is 3.91. The molecule has 5 heteroatoms. The molecule has 0 bridgehead atoms. The Morgan fingerprint density at radius 3 is 3.00 bits per heavy atom. The maximum atomic E-state index is 6.25. The number of rotatable bonds is 6. The zero-order chi connectivity index (χ0) is 13.7. The molecule has 0 saturated heterocycles. The topological polar surface area (TPSA) is 47.3 Å². The van der Waals surface area contributed by atoms with Crippen LogP contribution in [0.4, 0.5) is 0 Å². The highest BCUT2D eigenvalue weighted by Gasteiger charge is 2.13. The molecule has 1 N–H and O–H groups in total. The first-order chi connectivity index (χ1) is 9.22. The lowest BCUT2D eigenvalue weighted by atomic mass is 10.1. The molecule has 2 rings (SSSR count). The van der Waals surface area contributed by atoms with E-state index in [0.717, 1.165) is 29.1 Å². The van der Waals surface area contributed by atoms with Gasteiger partial charge in [-0.25, -0.2) is 4.98 Å². The molecular formula is C14H17ClN2O2. The number of benzene rings is 1. The van der Waals surface area contributed by atoms with Crippen LogP contribution < -0.4 is 5.32 Å². The first kappa shape index (κ1) is 14.1. The first-order valence-electron chi connectivity index (χ1n) is 6.11. The Hall–Kier alpha value is -1.36. The molecule has 2 aromatic rings. The van der Waals surface area contributed by atoms with Gasteiger partial charge in [0.2, 0.25) is 0 Å². The van der Waals surface area contributed by atoms with Gasteiger partial charge in [-0.3, -0.25) is 0 Å². The van der Waals surface area contributed by atoms with Crippen LogP contribution in [0, 0.1) is 6.92 Å². The smallest absolute Gasteiger partial charge is 0.181 e. The molecule has 0 atom stereocenters. The van der Waals surface area contributed by atoms with Crippen molar-refractivity contribution in [3.8, 4) is 11.3 Å². The SMILES string of the molecule is COCCNCc1ncoc1-c1ccc(C)cc1Cl. The van der Waals surface area contributed by atoms with Crippen LogP contribution in [0.1, 0.15) is 11.3 Å². The van der Waals surface area contributed by atoms with Gasteiger partial charge in [0.05, 0.1) is 11.6 Å². The van der Waals surface area contributed by atoms with E-state index in [1.807, 2.05) is 25.1 Å². The molecule has 0 aliphatic carbocycles. The Bertz CT molecular complexity index is 540. The zero-order valence-corrected chi connectivity index (χ0v) is 11.8. The average Bonchev–Trinajstić information content (AvgIpc) is 2.83. The van der Waals surface area contributed by atoms with Gasteiger partial charge in [-0.1, -0.05) is 17.7 Å². The lowest BCUT2D eigenvalue weighted by Crippen LogP contribution is -2.19. The third kappa shape index (κ3) is 3.56. The predicted octanol–water partition coefficient (Wildman–Crippen LogP) is 3.04. The Kier molecular flexibility index (Phi) is 4.96. The summed E-state index contributed by atoms with van der Waals surface area (Å²) in [4.78, 5) is 4.23. The Labute approximate surface area is 117 Å². The van der Waals surface area contributed by atoms with Crippen molar-refractivity contribution in [1.29, 1.82) is 0 Å². The van der Waals surface area contributed by atoms with Gasteiger partial charge in [-0.15, -0.1) is 0 Å². The van der Waals surface area contributed by atoms with Gasteiger partial charge in [0.15, 0.2) is 12.2 Å². The summed E-state index contributed by atoms with van der Waals surface area (Å²) in [6.45, 7) is 4.06. The molecule has 102 valence electrons. The molecule has 4 nitrogen and oxygen atoms in total. The fourth-order valence-corrected chi connectivity index (χ4v) is 2.12. The van der Waals surface area contributed by atoms with Crippen LogP contribution in [0.5, 0.6) is 0 Å². The summed E-state index contributed by atoms with van der Waals surface area (Å²) >= 11 is 6.25. The number of oxazole rings is 1. The van der Waals surface area contributed by atoms with Crippen LogP contribution in [0.15, 0.2) is 29.0 Å². The molecule has 19 heavy (non-hydrogen) atoms. The highest BCUT2D eigenvalue weighted by atomic mass is 35.5. The van der Waals surface area contributed by atoms with Crippen LogP contribution in [-0.4, -0.2) is 25.2 Å². The van der Waals surface area contributed by atoms with Crippen molar-refractivity contribution in [2.24, 2.45) is 0 Å². The van der Waals surface area contributed by atoms with Crippen molar-refractivity contribution in [2.75, 3.05) is 20.3 Å². The fourth-order valence-electron chi connectivity index (χ4n) is 1.80. The molecule has 0 spiro atoms. The van der Waals surface area contributed by atoms with Crippen molar-refractivity contribution in [3.05, 3.63) is 40.9 Å². The predicted molar refractivity (Wildman–Crippen MR) is 75.3 cm³/mol. The molecule has 0 unspecified atom stereocenters. The van der Waals surface area contributed by atoms with E-state index in [2.05, 4.69) is 10.3 Å². The Morgan fingerprint density at radius 2 is 2.26 bits per heavy atom. The van der Waals surface area contributed by atoms with Crippen LogP contribution in [-0.2, 0) is 11.3 Å².